The minimum Gasteiger partial charge on any atom is -0.486 e. The second kappa shape index (κ2) is 11.4. The van der Waals surface area contributed by atoms with E-state index in [-0.39, 0.29) is 41.6 Å². The third-order valence-corrected chi connectivity index (χ3v) is 3.95. The minimum atomic E-state index is -0.378. The van der Waals surface area contributed by atoms with Crippen molar-refractivity contribution in [3.8, 4) is 17.2 Å². The van der Waals surface area contributed by atoms with E-state index >= 15 is 0 Å². The highest BCUT2D eigenvalue weighted by Gasteiger charge is 2.10. The predicted octanol–water partition coefficient (Wildman–Crippen LogP) is 4.23. The third kappa shape index (κ3) is 6.74. The average molecular weight is 510 g/mol. The zero-order valence-corrected chi connectivity index (χ0v) is 18.6. The van der Waals surface area contributed by atoms with Gasteiger partial charge in [-0.05, 0) is 31.2 Å². The SMILES string of the molecule is CN=C(NCc1coc(-c2ccccc2)n1)NCC(C)Oc1ccccc1F.I. The Labute approximate surface area is 186 Å². The Hall–Kier alpha value is -2.62. The molecule has 1 atom stereocenters. The van der Waals surface area contributed by atoms with Gasteiger partial charge in [0.2, 0.25) is 5.89 Å². The molecule has 0 aliphatic heterocycles. The van der Waals surface area contributed by atoms with Crippen LogP contribution in [0.1, 0.15) is 12.6 Å². The van der Waals surface area contributed by atoms with Gasteiger partial charge in [-0.25, -0.2) is 9.37 Å². The van der Waals surface area contributed by atoms with Crippen LogP contribution in [0.3, 0.4) is 0 Å². The topological polar surface area (TPSA) is 71.7 Å². The highest BCUT2D eigenvalue weighted by Crippen LogP contribution is 2.18. The van der Waals surface area contributed by atoms with Crippen LogP contribution in [0, 0.1) is 5.82 Å². The van der Waals surface area contributed by atoms with Gasteiger partial charge in [0, 0.05) is 12.6 Å². The Bertz CT molecular complexity index is 918. The Balaban J connectivity index is 0.00000300. The maximum atomic E-state index is 13.7. The van der Waals surface area contributed by atoms with Crippen molar-refractivity contribution in [2.75, 3.05) is 13.6 Å². The Morgan fingerprint density at radius 1 is 1.14 bits per heavy atom. The summed E-state index contributed by atoms with van der Waals surface area (Å²) in [5.41, 5.74) is 1.69. The van der Waals surface area contributed by atoms with E-state index < -0.39 is 0 Å². The Morgan fingerprint density at radius 3 is 2.59 bits per heavy atom. The molecule has 6 nitrogen and oxygen atoms in total. The van der Waals surface area contributed by atoms with Gasteiger partial charge in [0.15, 0.2) is 17.5 Å². The van der Waals surface area contributed by atoms with Crippen LogP contribution in [0.4, 0.5) is 4.39 Å². The molecule has 2 aromatic carbocycles. The standard InChI is InChI=1S/C21H23FN4O2.HI/c1-15(28-19-11-7-6-10-18(19)22)12-24-21(23-2)25-13-17-14-27-20(26-17)16-8-4-3-5-9-16;/h3-11,14-15H,12-13H2,1-2H3,(H2,23,24,25);1H. The lowest BCUT2D eigenvalue weighted by Gasteiger charge is -2.17. The largest absolute Gasteiger partial charge is 0.486 e. The highest BCUT2D eigenvalue weighted by molar-refractivity contribution is 14.0. The molecule has 3 rings (SSSR count). The van der Waals surface area contributed by atoms with Gasteiger partial charge >= 0.3 is 0 Å². The molecule has 0 aliphatic rings. The number of ether oxygens (including phenoxy) is 1. The van der Waals surface area contributed by atoms with Gasteiger partial charge in [0.1, 0.15) is 12.4 Å². The highest BCUT2D eigenvalue weighted by atomic mass is 127. The summed E-state index contributed by atoms with van der Waals surface area (Å²) in [5.74, 6) is 1.02. The molecule has 0 fully saturated rings. The van der Waals surface area contributed by atoms with Crippen LogP contribution in [-0.2, 0) is 6.54 Å². The van der Waals surface area contributed by atoms with E-state index in [1.807, 2.05) is 37.3 Å². The van der Waals surface area contributed by atoms with Crippen molar-refractivity contribution < 1.29 is 13.5 Å². The van der Waals surface area contributed by atoms with Crippen LogP contribution in [0.2, 0.25) is 0 Å². The monoisotopic (exact) mass is 510 g/mol. The summed E-state index contributed by atoms with van der Waals surface area (Å²) in [6.45, 7) is 2.77. The molecule has 0 aliphatic carbocycles. The van der Waals surface area contributed by atoms with Crippen molar-refractivity contribution in [1.29, 1.82) is 0 Å². The van der Waals surface area contributed by atoms with Crippen LogP contribution in [0.15, 0.2) is 70.3 Å². The van der Waals surface area contributed by atoms with Crippen LogP contribution >= 0.6 is 24.0 Å². The molecule has 154 valence electrons. The maximum absolute atomic E-state index is 13.7. The summed E-state index contributed by atoms with van der Waals surface area (Å²) in [4.78, 5) is 8.64. The van der Waals surface area contributed by atoms with E-state index in [0.717, 1.165) is 11.3 Å². The molecule has 0 amide bonds. The van der Waals surface area contributed by atoms with Crippen molar-refractivity contribution in [3.05, 3.63) is 72.4 Å². The molecule has 0 spiro atoms. The number of guanidine groups is 1. The number of aromatic nitrogens is 1. The summed E-state index contributed by atoms with van der Waals surface area (Å²) in [7, 11) is 1.68. The number of nitrogens with zero attached hydrogens (tertiary/aromatic N) is 2. The number of benzene rings is 2. The van der Waals surface area contributed by atoms with Gasteiger partial charge in [-0.15, -0.1) is 24.0 Å². The summed E-state index contributed by atoms with van der Waals surface area (Å²) < 4.78 is 24.8. The van der Waals surface area contributed by atoms with Gasteiger partial charge < -0.3 is 19.8 Å². The molecule has 3 aromatic rings. The molecule has 0 saturated carbocycles. The van der Waals surface area contributed by atoms with Crippen LogP contribution < -0.4 is 15.4 Å². The summed E-state index contributed by atoms with van der Waals surface area (Å²) in [6, 6.07) is 16.1. The van der Waals surface area contributed by atoms with Crippen molar-refractivity contribution in [2.45, 2.75) is 19.6 Å². The third-order valence-electron chi connectivity index (χ3n) is 3.95. The minimum absolute atomic E-state index is 0. The number of hydrogen-bond acceptors (Lipinski definition) is 4. The first-order chi connectivity index (χ1) is 13.7. The maximum Gasteiger partial charge on any atom is 0.226 e. The first-order valence-corrected chi connectivity index (χ1v) is 9.01. The molecule has 2 N–H and O–H groups in total. The smallest absolute Gasteiger partial charge is 0.226 e. The van der Waals surface area contributed by atoms with Crippen LogP contribution in [0.5, 0.6) is 5.75 Å². The quantitative estimate of drug-likeness (QED) is 0.283. The van der Waals surface area contributed by atoms with Gasteiger partial charge in [-0.2, -0.15) is 0 Å². The summed E-state index contributed by atoms with van der Waals surface area (Å²) >= 11 is 0. The number of aliphatic imine (C=N–C) groups is 1. The fourth-order valence-corrected chi connectivity index (χ4v) is 2.54. The summed E-state index contributed by atoms with van der Waals surface area (Å²) in [5, 5.41) is 6.32. The molecule has 1 unspecified atom stereocenters. The molecule has 1 heterocycles. The summed E-state index contributed by atoms with van der Waals surface area (Å²) in [6.07, 6.45) is 1.37. The fourth-order valence-electron chi connectivity index (χ4n) is 2.54. The van der Waals surface area contributed by atoms with E-state index in [1.54, 1.807) is 31.5 Å². The van der Waals surface area contributed by atoms with Gasteiger partial charge in [0.25, 0.3) is 0 Å². The van der Waals surface area contributed by atoms with Gasteiger partial charge in [-0.1, -0.05) is 30.3 Å². The lowest BCUT2D eigenvalue weighted by Crippen LogP contribution is -2.41. The number of nitrogens with one attached hydrogen (secondary N) is 2. The molecule has 29 heavy (non-hydrogen) atoms. The average Bonchev–Trinajstić information content (AvgIpc) is 3.20. The van der Waals surface area contributed by atoms with E-state index in [1.165, 1.54) is 6.07 Å². The Morgan fingerprint density at radius 2 is 1.86 bits per heavy atom. The molecule has 8 heteroatoms. The molecular weight excluding hydrogens is 486 g/mol. The van der Waals surface area contributed by atoms with E-state index in [9.17, 15) is 4.39 Å². The second-order valence-corrected chi connectivity index (χ2v) is 6.18. The zero-order chi connectivity index (χ0) is 19.8. The van der Waals surface area contributed by atoms with Crippen LogP contribution in [-0.4, -0.2) is 30.6 Å². The fraction of sp³-hybridized carbons (Fsp3) is 0.238. The number of oxazole rings is 1. The molecule has 0 bridgehead atoms. The van der Waals surface area contributed by atoms with Crippen LogP contribution in [0.25, 0.3) is 11.5 Å². The molecule has 0 saturated heterocycles. The van der Waals surface area contributed by atoms with E-state index in [0.29, 0.717) is 24.9 Å². The van der Waals surface area contributed by atoms with Crippen molar-refractivity contribution in [3.63, 3.8) is 0 Å². The van der Waals surface area contributed by atoms with E-state index in [2.05, 4.69) is 20.6 Å². The number of halogens is 2. The lowest BCUT2D eigenvalue weighted by atomic mass is 10.2. The van der Waals surface area contributed by atoms with Gasteiger partial charge in [-0.3, -0.25) is 4.99 Å². The number of rotatable bonds is 7. The lowest BCUT2D eigenvalue weighted by molar-refractivity contribution is 0.214. The first kappa shape index (κ1) is 22.7. The zero-order valence-electron chi connectivity index (χ0n) is 16.3. The number of hydrogen-bond donors (Lipinski definition) is 2. The van der Waals surface area contributed by atoms with E-state index in [4.69, 9.17) is 9.15 Å². The van der Waals surface area contributed by atoms with Crippen molar-refractivity contribution in [1.82, 2.24) is 15.6 Å². The van der Waals surface area contributed by atoms with Gasteiger partial charge in [0.05, 0.1) is 18.8 Å². The number of para-hydroxylation sites is 1. The normalized spacial score (nSPS) is 12.0. The molecule has 0 radical (unpaired) electrons. The molecular formula is C21H24FIN4O2. The first-order valence-electron chi connectivity index (χ1n) is 9.01. The molecule has 1 aromatic heterocycles. The predicted molar refractivity (Wildman–Crippen MR) is 122 cm³/mol. The Kier molecular flexibility index (Phi) is 8.91. The second-order valence-electron chi connectivity index (χ2n) is 6.18. The van der Waals surface area contributed by atoms with Crippen molar-refractivity contribution in [2.24, 2.45) is 4.99 Å². The van der Waals surface area contributed by atoms with Crippen molar-refractivity contribution >= 4 is 29.9 Å².